The topological polar surface area (TPSA) is 42.5 Å². The molecule has 2 aromatic carbocycles. The smallest absolute Gasteiger partial charge is 0.222 e. The first-order valence-corrected chi connectivity index (χ1v) is 9.15. The molecule has 0 spiro atoms. The van der Waals surface area contributed by atoms with Crippen LogP contribution in [0.15, 0.2) is 60.7 Å². The lowest BCUT2D eigenvalue weighted by molar-refractivity contribution is -0.146. The summed E-state index contributed by atoms with van der Waals surface area (Å²) in [5, 5.41) is 7.03. The number of nitrogens with one attached hydrogen (secondary N) is 2. The van der Waals surface area contributed by atoms with Crippen molar-refractivity contribution in [1.29, 1.82) is 0 Å². The molecule has 2 heterocycles. The molecule has 0 unspecified atom stereocenters. The van der Waals surface area contributed by atoms with E-state index in [0.29, 0.717) is 18.7 Å². The van der Waals surface area contributed by atoms with Crippen LogP contribution < -0.4 is 10.6 Å². The Morgan fingerprint density at radius 2 is 1.64 bits per heavy atom. The lowest BCUT2D eigenvalue weighted by atomic mass is 9.95. The van der Waals surface area contributed by atoms with Crippen LogP contribution in [0, 0.1) is 0 Å². The molecule has 3 atom stereocenters. The number of hydrogen-bond acceptors (Lipinski definition) is 4. The van der Waals surface area contributed by atoms with Crippen molar-refractivity contribution in [2.45, 2.75) is 36.8 Å². The van der Waals surface area contributed by atoms with Gasteiger partial charge in [-0.25, -0.2) is 0 Å². The van der Waals surface area contributed by atoms with Gasteiger partial charge in [0.25, 0.3) is 0 Å². The second-order valence-electron chi connectivity index (χ2n) is 6.89. The van der Waals surface area contributed by atoms with Crippen molar-refractivity contribution < 1.29 is 9.47 Å². The van der Waals surface area contributed by atoms with E-state index in [4.69, 9.17) is 9.47 Å². The summed E-state index contributed by atoms with van der Waals surface area (Å²) in [6.07, 6.45) is 2.25. The minimum atomic E-state index is -0.818. The summed E-state index contributed by atoms with van der Waals surface area (Å²) in [5.74, 6) is -0.818. The summed E-state index contributed by atoms with van der Waals surface area (Å²) >= 11 is 0. The molecule has 0 aromatic heterocycles. The molecule has 2 aliphatic heterocycles. The highest BCUT2D eigenvalue weighted by molar-refractivity contribution is 5.34. The summed E-state index contributed by atoms with van der Waals surface area (Å²) < 4.78 is 13.0. The zero-order chi connectivity index (χ0) is 17.1. The first-order chi connectivity index (χ1) is 12.3. The van der Waals surface area contributed by atoms with Crippen LogP contribution in [0.1, 0.15) is 24.0 Å². The zero-order valence-corrected chi connectivity index (χ0v) is 14.7. The first kappa shape index (κ1) is 16.7. The summed E-state index contributed by atoms with van der Waals surface area (Å²) in [5.41, 5.74) is 2.09. The Morgan fingerprint density at radius 1 is 1.00 bits per heavy atom. The zero-order valence-electron chi connectivity index (χ0n) is 14.7. The highest BCUT2D eigenvalue weighted by Gasteiger charge is 2.47. The molecule has 25 heavy (non-hydrogen) atoms. The monoisotopic (exact) mass is 338 g/mol. The van der Waals surface area contributed by atoms with Crippen LogP contribution in [0.2, 0.25) is 0 Å². The molecule has 4 heteroatoms. The van der Waals surface area contributed by atoms with Crippen LogP contribution in [0.5, 0.6) is 0 Å². The van der Waals surface area contributed by atoms with E-state index in [9.17, 15) is 0 Å². The van der Waals surface area contributed by atoms with E-state index < -0.39 is 5.79 Å². The van der Waals surface area contributed by atoms with E-state index in [1.165, 1.54) is 0 Å². The van der Waals surface area contributed by atoms with E-state index in [0.717, 1.165) is 30.5 Å². The molecule has 0 aliphatic carbocycles. The summed E-state index contributed by atoms with van der Waals surface area (Å²) in [6.45, 7) is 1.61. The molecule has 2 aliphatic rings. The standard InChI is InChI=1S/C21H26N2O2/c1-22-18-12-13-23-19(14-18)20-15-24-21(25-20,16-8-4-2-5-9-16)17-10-6-3-7-11-17/h2-11,18-20,22-23H,12-15H2,1H3/t18-,19+,20-/m1/s1. The van der Waals surface area contributed by atoms with Gasteiger partial charge in [0.1, 0.15) is 6.10 Å². The summed E-state index contributed by atoms with van der Waals surface area (Å²) in [7, 11) is 2.04. The van der Waals surface area contributed by atoms with Gasteiger partial charge in [0.05, 0.1) is 6.61 Å². The van der Waals surface area contributed by atoms with Gasteiger partial charge in [-0.2, -0.15) is 0 Å². The van der Waals surface area contributed by atoms with Crippen molar-refractivity contribution >= 4 is 0 Å². The third-order valence-corrected chi connectivity index (χ3v) is 5.37. The van der Waals surface area contributed by atoms with E-state index in [1.807, 2.05) is 43.4 Å². The average molecular weight is 338 g/mol. The van der Waals surface area contributed by atoms with Crippen LogP contribution in [-0.2, 0) is 15.3 Å². The van der Waals surface area contributed by atoms with Crippen molar-refractivity contribution in [3.8, 4) is 0 Å². The fraction of sp³-hybridized carbons (Fsp3) is 0.429. The molecule has 0 radical (unpaired) electrons. The van der Waals surface area contributed by atoms with Gasteiger partial charge in [-0.15, -0.1) is 0 Å². The number of hydrogen-bond donors (Lipinski definition) is 2. The average Bonchev–Trinajstić information content (AvgIpc) is 3.16. The highest BCUT2D eigenvalue weighted by Crippen LogP contribution is 2.41. The van der Waals surface area contributed by atoms with Gasteiger partial charge in [-0.05, 0) is 26.4 Å². The van der Waals surface area contributed by atoms with E-state index >= 15 is 0 Å². The molecular weight excluding hydrogens is 312 g/mol. The van der Waals surface area contributed by atoms with Gasteiger partial charge >= 0.3 is 0 Å². The molecule has 0 amide bonds. The van der Waals surface area contributed by atoms with Gasteiger partial charge in [0.15, 0.2) is 0 Å². The first-order valence-electron chi connectivity index (χ1n) is 9.15. The Morgan fingerprint density at radius 3 is 2.24 bits per heavy atom. The second-order valence-corrected chi connectivity index (χ2v) is 6.89. The molecule has 2 fully saturated rings. The molecule has 132 valence electrons. The lowest BCUT2D eigenvalue weighted by Gasteiger charge is -2.34. The third kappa shape index (κ3) is 3.23. The Hall–Kier alpha value is -1.72. The third-order valence-electron chi connectivity index (χ3n) is 5.37. The minimum absolute atomic E-state index is 0.0385. The Bertz CT molecular complexity index is 637. The predicted molar refractivity (Wildman–Crippen MR) is 98.4 cm³/mol. The molecule has 2 aromatic rings. The number of benzene rings is 2. The van der Waals surface area contributed by atoms with E-state index in [2.05, 4.69) is 34.9 Å². The summed E-state index contributed by atoms with van der Waals surface area (Å²) in [4.78, 5) is 0. The van der Waals surface area contributed by atoms with Gasteiger partial charge < -0.3 is 20.1 Å². The van der Waals surface area contributed by atoms with Gasteiger partial charge in [-0.1, -0.05) is 60.7 Å². The minimum Gasteiger partial charge on any atom is -0.339 e. The molecular formula is C21H26N2O2. The number of ether oxygens (including phenoxy) is 2. The number of rotatable bonds is 4. The maximum atomic E-state index is 6.64. The van der Waals surface area contributed by atoms with Gasteiger partial charge in [0.2, 0.25) is 5.79 Å². The Balaban J connectivity index is 1.63. The van der Waals surface area contributed by atoms with Crippen LogP contribution in [0.3, 0.4) is 0 Å². The van der Waals surface area contributed by atoms with Crippen molar-refractivity contribution in [3.05, 3.63) is 71.8 Å². The van der Waals surface area contributed by atoms with Crippen molar-refractivity contribution in [2.75, 3.05) is 20.2 Å². The largest absolute Gasteiger partial charge is 0.339 e. The normalized spacial score (nSPS) is 28.8. The maximum absolute atomic E-state index is 6.64. The summed E-state index contributed by atoms with van der Waals surface area (Å²) in [6, 6.07) is 21.4. The van der Waals surface area contributed by atoms with Crippen molar-refractivity contribution in [3.63, 3.8) is 0 Å². The Kier molecular flexibility index (Phi) is 4.86. The molecule has 0 bridgehead atoms. The van der Waals surface area contributed by atoms with Crippen LogP contribution in [-0.4, -0.2) is 38.4 Å². The second kappa shape index (κ2) is 7.26. The fourth-order valence-electron chi connectivity index (χ4n) is 3.96. The predicted octanol–water partition coefficient (Wildman–Crippen LogP) is 2.64. The molecule has 0 saturated carbocycles. The van der Waals surface area contributed by atoms with Crippen molar-refractivity contribution in [1.82, 2.24) is 10.6 Å². The molecule has 2 N–H and O–H groups in total. The van der Waals surface area contributed by atoms with Gasteiger partial charge in [0, 0.05) is 23.2 Å². The Labute approximate surface area is 149 Å². The lowest BCUT2D eigenvalue weighted by Crippen LogP contribution is -2.51. The van der Waals surface area contributed by atoms with Crippen LogP contribution >= 0.6 is 0 Å². The van der Waals surface area contributed by atoms with E-state index in [-0.39, 0.29) is 6.10 Å². The van der Waals surface area contributed by atoms with Crippen LogP contribution in [0.4, 0.5) is 0 Å². The van der Waals surface area contributed by atoms with Gasteiger partial charge in [-0.3, -0.25) is 0 Å². The van der Waals surface area contributed by atoms with E-state index in [1.54, 1.807) is 0 Å². The SMILES string of the molecule is CN[C@@H]1CCN[C@H]([C@H]2COC(c3ccccc3)(c3ccccc3)O2)C1. The van der Waals surface area contributed by atoms with Crippen molar-refractivity contribution in [2.24, 2.45) is 0 Å². The number of piperidine rings is 1. The highest BCUT2D eigenvalue weighted by atomic mass is 16.7. The molecule has 4 rings (SSSR count). The molecule has 4 nitrogen and oxygen atoms in total. The fourth-order valence-corrected chi connectivity index (χ4v) is 3.96. The molecule has 2 saturated heterocycles. The van der Waals surface area contributed by atoms with Crippen LogP contribution in [0.25, 0.3) is 0 Å². The quantitative estimate of drug-likeness (QED) is 0.899. The maximum Gasteiger partial charge on any atom is 0.222 e.